The van der Waals surface area contributed by atoms with Crippen molar-refractivity contribution in [1.29, 1.82) is 5.26 Å². The van der Waals surface area contributed by atoms with E-state index in [1.165, 1.54) is 0 Å². The molecule has 0 unspecified atom stereocenters. The van der Waals surface area contributed by atoms with Gasteiger partial charge in [-0.2, -0.15) is 5.26 Å². The summed E-state index contributed by atoms with van der Waals surface area (Å²) in [6.45, 7) is -0.0508. The third kappa shape index (κ3) is 3.88. The molecule has 0 radical (unpaired) electrons. The van der Waals surface area contributed by atoms with Crippen molar-refractivity contribution < 1.29 is 14.3 Å². The Balaban J connectivity index is 2.29. The fraction of sp³-hybridized carbons (Fsp3) is 0.273. The number of para-hydroxylation sites is 2. The number of nitrogens with zero attached hydrogens (tertiary/aromatic N) is 1. The molecule has 0 saturated heterocycles. The average molecular weight is 220 g/mol. The molecule has 1 aromatic carbocycles. The summed E-state index contributed by atoms with van der Waals surface area (Å²) in [5.74, 6) is 0.0756. The van der Waals surface area contributed by atoms with Crippen LogP contribution in [0, 0.1) is 11.3 Å². The molecule has 0 aliphatic heterocycles. The molecule has 1 aromatic rings. The Kier molecular flexibility index (Phi) is 4.67. The van der Waals surface area contributed by atoms with Crippen LogP contribution in [0.3, 0.4) is 0 Å². The Morgan fingerprint density at radius 3 is 2.88 bits per heavy atom. The minimum Gasteiger partial charge on any atom is -0.491 e. The van der Waals surface area contributed by atoms with Crippen molar-refractivity contribution in [3.8, 4) is 11.8 Å². The molecular weight excluding hydrogens is 208 g/mol. The average Bonchev–Trinajstić information content (AvgIpc) is 2.29. The number of benzene rings is 1. The van der Waals surface area contributed by atoms with Gasteiger partial charge >= 0.3 is 5.97 Å². The molecule has 0 atom stereocenters. The Hall–Kier alpha value is -2.22. The highest BCUT2D eigenvalue weighted by Crippen LogP contribution is 2.19. The van der Waals surface area contributed by atoms with Gasteiger partial charge in [-0.15, -0.1) is 0 Å². The fourth-order valence-corrected chi connectivity index (χ4v) is 1.04. The number of rotatable bonds is 5. The first-order valence-corrected chi connectivity index (χ1v) is 4.74. The van der Waals surface area contributed by atoms with Crippen molar-refractivity contribution in [3.63, 3.8) is 0 Å². The molecule has 0 heterocycles. The quantitative estimate of drug-likeness (QED) is 0.593. The van der Waals surface area contributed by atoms with Crippen molar-refractivity contribution in [2.75, 3.05) is 18.9 Å². The van der Waals surface area contributed by atoms with Crippen LogP contribution < -0.4 is 10.5 Å². The van der Waals surface area contributed by atoms with Crippen LogP contribution >= 0.6 is 0 Å². The molecule has 0 aliphatic rings. The third-order valence-electron chi connectivity index (χ3n) is 1.78. The zero-order valence-electron chi connectivity index (χ0n) is 8.68. The zero-order valence-corrected chi connectivity index (χ0v) is 8.68. The molecule has 0 fully saturated rings. The third-order valence-corrected chi connectivity index (χ3v) is 1.78. The van der Waals surface area contributed by atoms with E-state index in [4.69, 9.17) is 15.7 Å². The number of carbonyl (C=O) groups is 1. The van der Waals surface area contributed by atoms with Crippen LogP contribution in [-0.2, 0) is 9.53 Å². The summed E-state index contributed by atoms with van der Waals surface area (Å²) in [6.07, 6.45) is 0.0933. The Labute approximate surface area is 93.4 Å². The van der Waals surface area contributed by atoms with Crippen molar-refractivity contribution in [2.45, 2.75) is 6.42 Å². The van der Waals surface area contributed by atoms with Gasteiger partial charge in [0.05, 0.1) is 18.7 Å². The maximum atomic E-state index is 11.0. The van der Waals surface area contributed by atoms with Crippen LogP contribution in [-0.4, -0.2) is 19.2 Å². The second-order valence-electron chi connectivity index (χ2n) is 2.96. The summed E-state index contributed by atoms with van der Waals surface area (Å²) >= 11 is 0. The van der Waals surface area contributed by atoms with Gasteiger partial charge in [0.25, 0.3) is 0 Å². The number of nitriles is 1. The fourth-order valence-electron chi connectivity index (χ4n) is 1.04. The normalized spacial score (nSPS) is 9.19. The van der Waals surface area contributed by atoms with Gasteiger partial charge in [-0.05, 0) is 12.1 Å². The van der Waals surface area contributed by atoms with Gasteiger partial charge in [-0.3, -0.25) is 4.79 Å². The second-order valence-corrected chi connectivity index (χ2v) is 2.96. The molecule has 84 valence electrons. The molecule has 1 rings (SSSR count). The van der Waals surface area contributed by atoms with E-state index >= 15 is 0 Å². The van der Waals surface area contributed by atoms with Gasteiger partial charge in [0.2, 0.25) is 0 Å². The number of nitrogen functional groups attached to an aromatic ring is 1. The molecule has 0 spiro atoms. The van der Waals surface area contributed by atoms with Gasteiger partial charge in [0.1, 0.15) is 11.8 Å². The number of carbonyl (C=O) groups excluding carboxylic acids is 1. The summed E-state index contributed by atoms with van der Waals surface area (Å²) in [5, 5.41) is 8.18. The predicted octanol–water partition coefficient (Wildman–Crippen LogP) is 1.10. The van der Waals surface area contributed by atoms with Crippen molar-refractivity contribution in [1.82, 2.24) is 0 Å². The molecule has 2 N–H and O–H groups in total. The van der Waals surface area contributed by atoms with Gasteiger partial charge in [0.15, 0.2) is 6.61 Å². The summed E-state index contributed by atoms with van der Waals surface area (Å²) in [5.41, 5.74) is 6.15. The maximum Gasteiger partial charge on any atom is 0.310 e. The number of nitrogens with two attached hydrogens (primary N) is 1. The maximum absolute atomic E-state index is 11.0. The Morgan fingerprint density at radius 2 is 2.19 bits per heavy atom. The lowest BCUT2D eigenvalue weighted by atomic mass is 10.3. The number of hydrogen-bond donors (Lipinski definition) is 1. The monoisotopic (exact) mass is 220 g/mol. The molecular formula is C11H12N2O3. The first-order chi connectivity index (χ1) is 7.74. The molecule has 0 aliphatic carbocycles. The van der Waals surface area contributed by atoms with E-state index in [-0.39, 0.29) is 19.6 Å². The molecule has 0 aromatic heterocycles. The van der Waals surface area contributed by atoms with E-state index < -0.39 is 5.97 Å². The lowest BCUT2D eigenvalue weighted by Crippen LogP contribution is -2.10. The topological polar surface area (TPSA) is 85.3 Å². The number of hydrogen-bond acceptors (Lipinski definition) is 5. The van der Waals surface area contributed by atoms with Crippen LogP contribution in [0.1, 0.15) is 6.42 Å². The number of anilines is 1. The standard InChI is InChI=1S/C11H12N2O3/c12-6-8-16-11(14)5-7-15-10-4-2-1-3-9(10)13/h1-4H,5,7-8,13H2. The smallest absolute Gasteiger partial charge is 0.310 e. The first kappa shape index (κ1) is 11.9. The largest absolute Gasteiger partial charge is 0.491 e. The Bertz CT molecular complexity index is 398. The minimum absolute atomic E-state index is 0.0933. The van der Waals surface area contributed by atoms with E-state index in [0.717, 1.165) is 0 Å². The lowest BCUT2D eigenvalue weighted by Gasteiger charge is -2.07. The van der Waals surface area contributed by atoms with Crippen LogP contribution in [0.4, 0.5) is 5.69 Å². The minimum atomic E-state index is -0.462. The van der Waals surface area contributed by atoms with E-state index in [1.807, 2.05) is 0 Å². The number of ether oxygens (including phenoxy) is 2. The molecule has 16 heavy (non-hydrogen) atoms. The van der Waals surface area contributed by atoms with Gasteiger partial charge in [-0.1, -0.05) is 12.1 Å². The highest BCUT2D eigenvalue weighted by Gasteiger charge is 2.04. The highest BCUT2D eigenvalue weighted by molar-refractivity contribution is 5.69. The van der Waals surface area contributed by atoms with Crippen molar-refractivity contribution >= 4 is 11.7 Å². The number of esters is 1. The van der Waals surface area contributed by atoms with Crippen LogP contribution in [0.2, 0.25) is 0 Å². The van der Waals surface area contributed by atoms with Gasteiger partial charge in [-0.25, -0.2) is 0 Å². The second kappa shape index (κ2) is 6.30. The molecule has 0 saturated carbocycles. The molecule has 0 amide bonds. The van der Waals surface area contributed by atoms with E-state index in [1.54, 1.807) is 30.3 Å². The van der Waals surface area contributed by atoms with Crippen LogP contribution in [0.5, 0.6) is 5.75 Å². The van der Waals surface area contributed by atoms with Crippen molar-refractivity contribution in [3.05, 3.63) is 24.3 Å². The molecule has 5 heteroatoms. The summed E-state index contributed by atoms with van der Waals surface area (Å²) < 4.78 is 9.83. The molecule has 0 bridgehead atoms. The predicted molar refractivity (Wildman–Crippen MR) is 57.5 cm³/mol. The zero-order chi connectivity index (χ0) is 11.8. The lowest BCUT2D eigenvalue weighted by molar-refractivity contribution is -0.142. The summed E-state index contributed by atoms with van der Waals surface area (Å²) in [7, 11) is 0. The van der Waals surface area contributed by atoms with Crippen LogP contribution in [0.15, 0.2) is 24.3 Å². The first-order valence-electron chi connectivity index (χ1n) is 4.74. The van der Waals surface area contributed by atoms with Gasteiger partial charge in [0, 0.05) is 0 Å². The highest BCUT2D eigenvalue weighted by atomic mass is 16.5. The summed E-state index contributed by atoms with van der Waals surface area (Å²) in [4.78, 5) is 11.0. The Morgan fingerprint density at radius 1 is 1.44 bits per heavy atom. The van der Waals surface area contributed by atoms with E-state index in [9.17, 15) is 4.79 Å². The van der Waals surface area contributed by atoms with E-state index in [2.05, 4.69) is 4.74 Å². The van der Waals surface area contributed by atoms with Gasteiger partial charge < -0.3 is 15.2 Å². The van der Waals surface area contributed by atoms with E-state index in [0.29, 0.717) is 11.4 Å². The van der Waals surface area contributed by atoms with Crippen LogP contribution in [0.25, 0.3) is 0 Å². The molecule has 5 nitrogen and oxygen atoms in total. The SMILES string of the molecule is N#CCOC(=O)CCOc1ccccc1N. The summed E-state index contributed by atoms with van der Waals surface area (Å²) in [6, 6.07) is 8.73. The van der Waals surface area contributed by atoms with Crippen molar-refractivity contribution in [2.24, 2.45) is 0 Å².